The van der Waals surface area contributed by atoms with Crippen molar-refractivity contribution in [1.29, 1.82) is 0 Å². The maximum Gasteiger partial charge on any atom is 0.387 e. The van der Waals surface area contributed by atoms with Gasteiger partial charge in [0, 0.05) is 5.92 Å². The van der Waals surface area contributed by atoms with Gasteiger partial charge in [0.1, 0.15) is 0 Å². The Morgan fingerprint density at radius 3 is 1.95 bits per heavy atom. The van der Waals surface area contributed by atoms with E-state index in [0.29, 0.717) is 19.1 Å². The molecule has 0 aromatic carbocycles. The summed E-state index contributed by atoms with van der Waals surface area (Å²) in [5, 5.41) is 16.3. The molecule has 1 rings (SSSR count). The Bertz CT molecular complexity index is 374. The zero-order valence-corrected chi connectivity index (χ0v) is 14.0. The zero-order chi connectivity index (χ0) is 17.2. The van der Waals surface area contributed by atoms with Crippen LogP contribution in [-0.2, 0) is 23.2 Å². The lowest BCUT2D eigenvalue weighted by Gasteiger charge is -2.29. The first-order chi connectivity index (χ1) is 10.3. The Hall–Kier alpha value is -0.950. The van der Waals surface area contributed by atoms with Crippen LogP contribution in [0.4, 0.5) is 0 Å². The largest absolute Gasteiger partial charge is 0.539 e. The number of carboxylic acids is 2. The summed E-state index contributed by atoms with van der Waals surface area (Å²) in [6.07, 6.45) is 5.94. The lowest BCUT2D eigenvalue weighted by atomic mass is 9.89. The molecule has 0 aliphatic heterocycles. The highest BCUT2D eigenvalue weighted by molar-refractivity contribution is 7.54. The fraction of sp³-hybridized carbons (Fsp3) is 0.846. The number of carbonyl (C=O) groups excluding carboxylic acids is 1. The van der Waals surface area contributed by atoms with Crippen molar-refractivity contribution in [2.75, 3.05) is 13.2 Å². The van der Waals surface area contributed by atoms with Crippen molar-refractivity contribution in [3.8, 4) is 0 Å². The number of carbonyl (C=O) groups is 2. The van der Waals surface area contributed by atoms with E-state index in [2.05, 4.69) is 5.73 Å². The fourth-order valence-electron chi connectivity index (χ4n) is 2.37. The van der Waals surface area contributed by atoms with Gasteiger partial charge in [-0.2, -0.15) is 0 Å². The van der Waals surface area contributed by atoms with Gasteiger partial charge in [-0.3, -0.25) is 4.57 Å². The predicted octanol–water partition coefficient (Wildman–Crippen LogP) is 0.222. The molecule has 0 saturated heterocycles. The van der Waals surface area contributed by atoms with E-state index in [-0.39, 0.29) is 5.78 Å². The van der Waals surface area contributed by atoms with Crippen LogP contribution in [0, 0.1) is 5.92 Å². The first kappa shape index (κ1) is 21.0. The number of quaternary nitrogens is 1. The molecule has 130 valence electrons. The summed E-state index contributed by atoms with van der Waals surface area (Å²) in [6.45, 7) is 4.55. The standard InChI is InChI=1S/C11H24NO3P.C2H2O4/c1-3-14-16(13,15-4-2)11(12)10-8-6-5-7-9-10;3-1(4)2(5)6/h10-11H,3-9,12H2,1-2H3;(H,3,4)(H,5,6). The third-order valence-electron chi connectivity index (χ3n) is 3.39. The molecule has 1 unspecified atom stereocenters. The Morgan fingerprint density at radius 1 is 1.23 bits per heavy atom. The number of hydrogen-bond donors (Lipinski definition) is 2. The number of aliphatic carboxylic acids is 2. The van der Waals surface area contributed by atoms with Gasteiger partial charge in [-0.25, -0.2) is 4.79 Å². The minimum atomic E-state index is -2.99. The summed E-state index contributed by atoms with van der Waals surface area (Å²) >= 11 is 0. The highest BCUT2D eigenvalue weighted by atomic mass is 31.2. The molecule has 8 nitrogen and oxygen atoms in total. The van der Waals surface area contributed by atoms with Crippen LogP contribution in [0.1, 0.15) is 46.0 Å². The van der Waals surface area contributed by atoms with Gasteiger partial charge in [-0.05, 0) is 26.7 Å². The monoisotopic (exact) mass is 339 g/mol. The minimum Gasteiger partial charge on any atom is -0.539 e. The van der Waals surface area contributed by atoms with Crippen LogP contribution in [0.25, 0.3) is 0 Å². The summed E-state index contributed by atoms with van der Waals surface area (Å²) in [6, 6.07) is 0. The van der Waals surface area contributed by atoms with Crippen LogP contribution in [0.2, 0.25) is 0 Å². The maximum atomic E-state index is 12.5. The third kappa shape index (κ3) is 7.35. The second-order valence-corrected chi connectivity index (χ2v) is 7.19. The normalized spacial score (nSPS) is 17.2. The van der Waals surface area contributed by atoms with Crippen molar-refractivity contribution in [1.82, 2.24) is 0 Å². The van der Waals surface area contributed by atoms with Crippen LogP contribution in [0.5, 0.6) is 0 Å². The number of hydrogen-bond acceptors (Lipinski definition) is 6. The summed E-state index contributed by atoms with van der Waals surface area (Å²) < 4.78 is 23.2. The van der Waals surface area contributed by atoms with E-state index in [1.807, 2.05) is 13.8 Å². The molecule has 1 aliphatic carbocycles. The third-order valence-corrected chi connectivity index (χ3v) is 5.86. The van der Waals surface area contributed by atoms with Gasteiger partial charge in [-0.15, -0.1) is 0 Å². The lowest BCUT2D eigenvalue weighted by Crippen LogP contribution is -2.64. The molecular weight excluding hydrogens is 313 g/mol. The van der Waals surface area contributed by atoms with Crippen LogP contribution in [0.15, 0.2) is 0 Å². The van der Waals surface area contributed by atoms with Crippen molar-refractivity contribution in [2.24, 2.45) is 5.92 Å². The SMILES string of the molecule is CCOP(=O)(OCC)C([NH3+])C1CCCCC1.O=C([O-])C(=O)O. The average Bonchev–Trinajstić information content (AvgIpc) is 2.48. The first-order valence-corrected chi connectivity index (χ1v) is 9.05. The summed E-state index contributed by atoms with van der Waals surface area (Å²) in [7, 11) is -2.99. The van der Waals surface area contributed by atoms with Crippen molar-refractivity contribution in [3.05, 3.63) is 0 Å². The van der Waals surface area contributed by atoms with Gasteiger partial charge in [0.25, 0.3) is 0 Å². The van der Waals surface area contributed by atoms with E-state index < -0.39 is 19.5 Å². The minimum absolute atomic E-state index is 0.201. The quantitative estimate of drug-likeness (QED) is 0.521. The molecule has 0 amide bonds. The molecule has 1 atom stereocenters. The Morgan fingerprint density at radius 2 is 1.64 bits per heavy atom. The first-order valence-electron chi connectivity index (χ1n) is 7.44. The molecular formula is C13H26NO7P. The van der Waals surface area contributed by atoms with Crippen molar-refractivity contribution in [3.63, 3.8) is 0 Å². The number of carboxylic acid groups (broad SMARTS) is 2. The molecule has 0 aromatic rings. The Kier molecular flexibility index (Phi) is 10.3. The summed E-state index contributed by atoms with van der Waals surface area (Å²) in [5.74, 6) is -3.81. The highest BCUT2D eigenvalue weighted by Gasteiger charge is 2.41. The van der Waals surface area contributed by atoms with E-state index in [4.69, 9.17) is 28.8 Å². The van der Waals surface area contributed by atoms with Gasteiger partial charge in [0.2, 0.25) is 0 Å². The molecule has 0 aromatic heterocycles. The second-order valence-electron chi connectivity index (χ2n) is 4.93. The van der Waals surface area contributed by atoms with Gasteiger partial charge in [0.15, 0.2) is 11.8 Å². The van der Waals surface area contributed by atoms with Crippen LogP contribution in [-0.4, -0.2) is 36.0 Å². The molecule has 0 spiro atoms. The van der Waals surface area contributed by atoms with Gasteiger partial charge in [0.05, 0.1) is 13.2 Å². The van der Waals surface area contributed by atoms with Crippen molar-refractivity contribution in [2.45, 2.75) is 51.7 Å². The van der Waals surface area contributed by atoms with Crippen molar-refractivity contribution < 1.29 is 39.1 Å². The summed E-state index contributed by atoms with van der Waals surface area (Å²) in [4.78, 5) is 18.0. The molecule has 22 heavy (non-hydrogen) atoms. The van der Waals surface area contributed by atoms with E-state index >= 15 is 0 Å². The smallest absolute Gasteiger partial charge is 0.387 e. The molecule has 1 fully saturated rings. The van der Waals surface area contributed by atoms with Crippen molar-refractivity contribution >= 4 is 19.5 Å². The number of rotatable bonds is 6. The molecule has 4 N–H and O–H groups in total. The second kappa shape index (κ2) is 10.7. The van der Waals surface area contributed by atoms with E-state index in [9.17, 15) is 4.57 Å². The Labute approximate surface area is 130 Å². The fourth-order valence-corrected chi connectivity index (χ4v) is 4.36. The van der Waals surface area contributed by atoms with Crippen LogP contribution >= 0.6 is 7.60 Å². The van der Waals surface area contributed by atoms with E-state index in [0.717, 1.165) is 12.8 Å². The van der Waals surface area contributed by atoms with Crippen LogP contribution in [0.3, 0.4) is 0 Å². The molecule has 1 saturated carbocycles. The molecule has 1 aliphatic rings. The molecule has 0 heterocycles. The lowest BCUT2D eigenvalue weighted by molar-refractivity contribution is -0.408. The van der Waals surface area contributed by atoms with Crippen LogP contribution < -0.4 is 10.8 Å². The zero-order valence-electron chi connectivity index (χ0n) is 13.2. The molecule has 0 bridgehead atoms. The summed E-state index contributed by atoms with van der Waals surface area (Å²) in [5.41, 5.74) is 4.06. The van der Waals surface area contributed by atoms with E-state index in [1.165, 1.54) is 19.3 Å². The average molecular weight is 339 g/mol. The van der Waals surface area contributed by atoms with Gasteiger partial charge >= 0.3 is 13.6 Å². The Balaban J connectivity index is 0.000000626. The topological polar surface area (TPSA) is 141 Å². The van der Waals surface area contributed by atoms with Gasteiger partial charge in [-0.1, -0.05) is 19.3 Å². The van der Waals surface area contributed by atoms with Gasteiger partial charge < -0.3 is 29.8 Å². The maximum absolute atomic E-state index is 12.5. The molecule has 9 heteroatoms. The highest BCUT2D eigenvalue weighted by Crippen LogP contribution is 2.54. The molecule has 0 radical (unpaired) electrons. The van der Waals surface area contributed by atoms with E-state index in [1.54, 1.807) is 0 Å². The predicted molar refractivity (Wildman–Crippen MR) is 76.8 cm³/mol.